The van der Waals surface area contributed by atoms with E-state index >= 15 is 0 Å². The Kier molecular flexibility index (Phi) is 7.76. The van der Waals surface area contributed by atoms with Crippen LogP contribution in [0.15, 0.2) is 48.8 Å². The normalized spacial score (nSPS) is 25.9. The first kappa shape index (κ1) is 28.5. The SMILES string of the molecule is CN1CCC2(CC1)CC2COc1cc2ncnc(Nc3ccc(F)c(Cl)c3)c2cc1NC(=O)/C=C/CC1CC2CCC1C2. The highest BCUT2D eigenvalue weighted by molar-refractivity contribution is 6.31. The minimum absolute atomic E-state index is 0.0201. The maximum atomic E-state index is 13.7. The van der Waals surface area contributed by atoms with E-state index in [1.807, 2.05) is 18.2 Å². The number of anilines is 3. The molecule has 3 saturated carbocycles. The van der Waals surface area contributed by atoms with E-state index in [9.17, 15) is 9.18 Å². The Labute approximate surface area is 257 Å². The number of allylic oxidation sites excluding steroid dienone is 1. The van der Waals surface area contributed by atoms with Gasteiger partial charge in [-0.15, -0.1) is 0 Å². The van der Waals surface area contributed by atoms with Gasteiger partial charge in [0.15, 0.2) is 0 Å². The molecule has 1 saturated heterocycles. The van der Waals surface area contributed by atoms with Gasteiger partial charge in [-0.05, 0) is 125 Å². The van der Waals surface area contributed by atoms with Crippen LogP contribution in [0.25, 0.3) is 10.9 Å². The Morgan fingerprint density at radius 3 is 2.81 bits per heavy atom. The maximum absolute atomic E-state index is 13.7. The summed E-state index contributed by atoms with van der Waals surface area (Å²) in [5.41, 5.74) is 2.24. The fraction of sp³-hybridized carbons (Fsp3) is 0.500. The van der Waals surface area contributed by atoms with Crippen LogP contribution < -0.4 is 15.4 Å². The number of carbonyl (C=O) groups excluding carboxylic acids is 1. The Morgan fingerprint density at radius 1 is 1.19 bits per heavy atom. The number of piperidine rings is 1. The first-order valence-electron chi connectivity index (χ1n) is 15.6. The third-order valence-corrected chi connectivity index (χ3v) is 10.8. The maximum Gasteiger partial charge on any atom is 0.248 e. The average Bonchev–Trinajstić information content (AvgIpc) is 3.26. The van der Waals surface area contributed by atoms with Gasteiger partial charge >= 0.3 is 0 Å². The van der Waals surface area contributed by atoms with Crippen molar-refractivity contribution in [1.29, 1.82) is 0 Å². The Morgan fingerprint density at radius 2 is 2.05 bits per heavy atom. The molecule has 4 atom stereocenters. The monoisotopic (exact) mass is 603 g/mol. The molecule has 2 aromatic carbocycles. The fourth-order valence-electron chi connectivity index (χ4n) is 7.83. The molecule has 1 spiro atoms. The zero-order valence-corrected chi connectivity index (χ0v) is 25.4. The molecule has 0 radical (unpaired) electrons. The number of likely N-dealkylation sites (tertiary alicyclic amines) is 1. The van der Waals surface area contributed by atoms with Gasteiger partial charge in [0.1, 0.15) is 23.7 Å². The Balaban J connectivity index is 1.11. The number of carbonyl (C=O) groups is 1. The zero-order valence-electron chi connectivity index (χ0n) is 24.6. The highest BCUT2D eigenvalue weighted by atomic mass is 35.5. The van der Waals surface area contributed by atoms with Crippen LogP contribution in [-0.4, -0.2) is 47.5 Å². The molecule has 4 aliphatic rings. The number of aromatic nitrogens is 2. The number of hydrogen-bond donors (Lipinski definition) is 2. The first-order valence-corrected chi connectivity index (χ1v) is 16.0. The summed E-state index contributed by atoms with van der Waals surface area (Å²) in [5.74, 6) is 3.41. The van der Waals surface area contributed by atoms with E-state index in [0.29, 0.717) is 57.7 Å². The second kappa shape index (κ2) is 11.7. The fourth-order valence-corrected chi connectivity index (χ4v) is 8.02. The summed E-state index contributed by atoms with van der Waals surface area (Å²) in [4.78, 5) is 24.5. The van der Waals surface area contributed by atoms with Gasteiger partial charge in [0.2, 0.25) is 5.91 Å². The van der Waals surface area contributed by atoms with Gasteiger partial charge in [0, 0.05) is 17.1 Å². The molecule has 43 heavy (non-hydrogen) atoms. The molecule has 2 heterocycles. The third-order valence-electron chi connectivity index (χ3n) is 10.6. The van der Waals surface area contributed by atoms with E-state index in [-0.39, 0.29) is 10.9 Å². The van der Waals surface area contributed by atoms with Crippen molar-refractivity contribution in [2.75, 3.05) is 37.4 Å². The highest BCUT2D eigenvalue weighted by Gasteiger charge is 2.54. The largest absolute Gasteiger partial charge is 0.491 e. The molecule has 1 aliphatic heterocycles. The van der Waals surface area contributed by atoms with Gasteiger partial charge in [-0.3, -0.25) is 4.79 Å². The molecule has 4 unspecified atom stereocenters. The summed E-state index contributed by atoms with van der Waals surface area (Å²) in [6, 6.07) is 8.16. The molecule has 9 heteroatoms. The van der Waals surface area contributed by atoms with Crippen LogP contribution in [0.4, 0.5) is 21.6 Å². The van der Waals surface area contributed by atoms with Crippen LogP contribution in [0, 0.1) is 34.9 Å². The molecular weight excluding hydrogens is 565 g/mol. The number of nitrogens with one attached hydrogen (secondary N) is 2. The molecule has 3 aliphatic carbocycles. The number of amides is 1. The minimum atomic E-state index is -0.488. The molecular formula is C34H39ClFN5O2. The van der Waals surface area contributed by atoms with Crippen LogP contribution in [-0.2, 0) is 4.79 Å². The molecule has 7 nitrogen and oxygen atoms in total. The number of nitrogens with zero attached hydrogens (tertiary/aromatic N) is 3. The summed E-state index contributed by atoms with van der Waals surface area (Å²) in [6.45, 7) is 2.88. The van der Waals surface area contributed by atoms with E-state index in [0.717, 1.165) is 31.3 Å². The molecule has 1 amide bonds. The predicted octanol–water partition coefficient (Wildman–Crippen LogP) is 7.60. The Hall–Kier alpha value is -3.23. The number of benzene rings is 2. The molecule has 4 fully saturated rings. The van der Waals surface area contributed by atoms with Crippen LogP contribution in [0.1, 0.15) is 51.4 Å². The van der Waals surface area contributed by atoms with E-state index in [1.54, 1.807) is 12.1 Å². The van der Waals surface area contributed by atoms with Gasteiger partial charge in [0.25, 0.3) is 0 Å². The molecule has 2 N–H and O–H groups in total. The average molecular weight is 604 g/mol. The number of halogens is 2. The summed E-state index contributed by atoms with van der Waals surface area (Å²) in [6.07, 6.45) is 15.1. The molecule has 3 aromatic rings. The van der Waals surface area contributed by atoms with Gasteiger partial charge < -0.3 is 20.3 Å². The topological polar surface area (TPSA) is 79.4 Å². The van der Waals surface area contributed by atoms with E-state index in [4.69, 9.17) is 16.3 Å². The van der Waals surface area contributed by atoms with Crippen LogP contribution in [0.5, 0.6) is 5.75 Å². The molecule has 1 aromatic heterocycles. The van der Waals surface area contributed by atoms with Crippen molar-refractivity contribution in [3.63, 3.8) is 0 Å². The summed E-state index contributed by atoms with van der Waals surface area (Å²) < 4.78 is 20.2. The number of rotatable bonds is 9. The van der Waals surface area contributed by atoms with Crippen molar-refractivity contribution in [1.82, 2.24) is 14.9 Å². The molecule has 226 valence electrons. The van der Waals surface area contributed by atoms with E-state index < -0.39 is 5.82 Å². The number of ether oxygens (including phenoxy) is 1. The number of fused-ring (bicyclic) bond motifs is 3. The lowest BCUT2D eigenvalue weighted by atomic mass is 9.86. The lowest BCUT2D eigenvalue weighted by Crippen LogP contribution is -2.32. The second-order valence-electron chi connectivity index (χ2n) is 13.3. The standard InChI is InChI=1S/C34H39ClFN5O2/c1-41-11-9-34(10-12-41)18-24(34)19-43-31-17-29-26(33(38-20-37-29)39-25-7-8-28(36)27(35)15-25)16-30(31)40-32(42)4-2-3-22-13-21-5-6-23(22)14-21/h2,4,7-8,15-17,20-24H,3,5-6,9-14,18-19H2,1H3,(H,40,42)(H,37,38,39)/b4-2+. The minimum Gasteiger partial charge on any atom is -0.491 e. The summed E-state index contributed by atoms with van der Waals surface area (Å²) >= 11 is 6.01. The van der Waals surface area contributed by atoms with Crippen LogP contribution in [0.3, 0.4) is 0 Å². The van der Waals surface area contributed by atoms with Gasteiger partial charge in [-0.25, -0.2) is 14.4 Å². The summed E-state index contributed by atoms with van der Waals surface area (Å²) in [7, 11) is 2.19. The van der Waals surface area contributed by atoms with E-state index in [1.165, 1.54) is 63.4 Å². The van der Waals surface area contributed by atoms with Crippen molar-refractivity contribution in [3.8, 4) is 5.75 Å². The van der Waals surface area contributed by atoms with Crippen molar-refractivity contribution in [2.24, 2.45) is 29.1 Å². The van der Waals surface area contributed by atoms with Crippen LogP contribution in [0.2, 0.25) is 5.02 Å². The van der Waals surface area contributed by atoms with Crippen molar-refractivity contribution >= 4 is 45.6 Å². The van der Waals surface area contributed by atoms with Crippen molar-refractivity contribution in [2.45, 2.75) is 51.4 Å². The number of hydrogen-bond acceptors (Lipinski definition) is 6. The lowest BCUT2D eigenvalue weighted by molar-refractivity contribution is -0.111. The molecule has 2 bridgehead atoms. The lowest BCUT2D eigenvalue weighted by Gasteiger charge is -2.30. The van der Waals surface area contributed by atoms with E-state index in [2.05, 4.69) is 32.5 Å². The quantitative estimate of drug-likeness (QED) is 0.245. The highest BCUT2D eigenvalue weighted by Crippen LogP contribution is 2.59. The molecule has 7 rings (SSSR count). The van der Waals surface area contributed by atoms with Gasteiger partial charge in [-0.1, -0.05) is 24.1 Å². The van der Waals surface area contributed by atoms with Gasteiger partial charge in [-0.2, -0.15) is 0 Å². The Bertz CT molecular complexity index is 1560. The zero-order chi connectivity index (χ0) is 29.6. The van der Waals surface area contributed by atoms with Crippen LogP contribution >= 0.6 is 11.6 Å². The third kappa shape index (κ3) is 6.09. The predicted molar refractivity (Wildman–Crippen MR) is 168 cm³/mol. The van der Waals surface area contributed by atoms with Crippen molar-refractivity contribution < 1.29 is 13.9 Å². The second-order valence-corrected chi connectivity index (χ2v) is 13.7. The summed E-state index contributed by atoms with van der Waals surface area (Å²) in [5, 5.41) is 7.03. The first-order chi connectivity index (χ1) is 20.8. The smallest absolute Gasteiger partial charge is 0.248 e. The van der Waals surface area contributed by atoms with Gasteiger partial charge in [0.05, 0.1) is 22.8 Å². The van der Waals surface area contributed by atoms with Crippen molar-refractivity contribution in [3.05, 3.63) is 59.7 Å².